The molecule has 3 atom stereocenters. The van der Waals surface area contributed by atoms with Gasteiger partial charge in [0.2, 0.25) is 0 Å². The predicted octanol–water partition coefficient (Wildman–Crippen LogP) is 2.57. The molecular formula is C7H11Br. The van der Waals surface area contributed by atoms with Gasteiger partial charge in [0, 0.05) is 4.32 Å². The molecule has 2 fully saturated rings. The summed E-state index contributed by atoms with van der Waals surface area (Å²) in [6.45, 7) is 2.36. The van der Waals surface area contributed by atoms with Crippen LogP contribution in [0.5, 0.6) is 0 Å². The lowest BCUT2D eigenvalue weighted by molar-refractivity contribution is 0.562. The van der Waals surface area contributed by atoms with Gasteiger partial charge in [0.1, 0.15) is 0 Å². The lowest BCUT2D eigenvalue weighted by Crippen LogP contribution is -2.06. The van der Waals surface area contributed by atoms with Crippen molar-refractivity contribution in [3.8, 4) is 0 Å². The zero-order valence-corrected chi connectivity index (χ0v) is 6.74. The van der Waals surface area contributed by atoms with E-state index in [-0.39, 0.29) is 0 Å². The normalized spacial score (nSPS) is 60.8. The maximum atomic E-state index is 3.78. The van der Waals surface area contributed by atoms with Crippen LogP contribution in [0, 0.1) is 11.8 Å². The van der Waals surface area contributed by atoms with E-state index in [0.29, 0.717) is 4.32 Å². The Bertz CT molecular complexity index is 120. The molecule has 0 saturated heterocycles. The van der Waals surface area contributed by atoms with Gasteiger partial charge in [-0.2, -0.15) is 0 Å². The topological polar surface area (TPSA) is 0 Å². The van der Waals surface area contributed by atoms with Crippen molar-refractivity contribution in [1.82, 2.24) is 0 Å². The predicted molar refractivity (Wildman–Crippen MR) is 38.2 cm³/mol. The SMILES string of the molecule is C[C@H]1CC[C@@H]2C[C@@]21Br. The molecule has 0 N–H and O–H groups in total. The second-order valence-corrected chi connectivity index (χ2v) is 4.78. The Hall–Kier alpha value is 0.480. The Morgan fingerprint density at radius 1 is 1.50 bits per heavy atom. The lowest BCUT2D eigenvalue weighted by atomic mass is 10.1. The van der Waals surface area contributed by atoms with E-state index in [1.807, 2.05) is 0 Å². The molecular weight excluding hydrogens is 164 g/mol. The minimum Gasteiger partial charge on any atom is -0.0847 e. The molecule has 0 unspecified atom stereocenters. The first-order valence-electron chi connectivity index (χ1n) is 3.42. The molecule has 0 aromatic carbocycles. The van der Waals surface area contributed by atoms with Crippen molar-refractivity contribution in [3.05, 3.63) is 0 Å². The summed E-state index contributed by atoms with van der Waals surface area (Å²) < 4.78 is 0.632. The van der Waals surface area contributed by atoms with Gasteiger partial charge < -0.3 is 0 Å². The molecule has 2 aliphatic rings. The standard InChI is InChI=1S/C7H11Br/c1-5-2-3-6-4-7(5,6)8/h5-6H,2-4H2,1H3/t5-,6+,7-/m0/s1. The minimum atomic E-state index is 0.632. The fourth-order valence-corrected chi connectivity index (χ4v) is 2.80. The average Bonchev–Trinajstić information content (AvgIpc) is 2.31. The first-order chi connectivity index (χ1) is 3.73. The maximum absolute atomic E-state index is 3.78. The van der Waals surface area contributed by atoms with E-state index in [9.17, 15) is 0 Å². The van der Waals surface area contributed by atoms with Crippen LogP contribution in [-0.4, -0.2) is 4.32 Å². The molecule has 1 heteroatoms. The van der Waals surface area contributed by atoms with Crippen molar-refractivity contribution in [3.63, 3.8) is 0 Å². The van der Waals surface area contributed by atoms with Crippen LogP contribution in [0.3, 0.4) is 0 Å². The van der Waals surface area contributed by atoms with E-state index in [2.05, 4.69) is 22.9 Å². The van der Waals surface area contributed by atoms with E-state index in [1.54, 1.807) is 0 Å². The van der Waals surface area contributed by atoms with Crippen molar-refractivity contribution in [2.75, 3.05) is 0 Å². The average molecular weight is 175 g/mol. The number of fused-ring (bicyclic) bond motifs is 1. The summed E-state index contributed by atoms with van der Waals surface area (Å²) in [5.74, 6) is 2.00. The first kappa shape index (κ1) is 5.28. The van der Waals surface area contributed by atoms with E-state index in [1.165, 1.54) is 19.3 Å². The van der Waals surface area contributed by atoms with Crippen LogP contribution in [0.4, 0.5) is 0 Å². The Kier molecular flexibility index (Phi) is 0.865. The highest BCUT2D eigenvalue weighted by molar-refractivity contribution is 9.10. The minimum absolute atomic E-state index is 0.632. The molecule has 0 aliphatic heterocycles. The van der Waals surface area contributed by atoms with Gasteiger partial charge in [-0.1, -0.05) is 22.9 Å². The third-order valence-electron chi connectivity index (χ3n) is 2.85. The monoisotopic (exact) mass is 174 g/mol. The zero-order valence-electron chi connectivity index (χ0n) is 5.15. The van der Waals surface area contributed by atoms with Gasteiger partial charge in [-0.15, -0.1) is 0 Å². The Morgan fingerprint density at radius 2 is 2.25 bits per heavy atom. The molecule has 0 radical (unpaired) electrons. The summed E-state index contributed by atoms with van der Waals surface area (Å²) in [5, 5.41) is 0. The van der Waals surface area contributed by atoms with Crippen molar-refractivity contribution in [2.45, 2.75) is 30.5 Å². The molecule has 0 aromatic rings. The highest BCUT2D eigenvalue weighted by atomic mass is 79.9. The van der Waals surface area contributed by atoms with Crippen LogP contribution < -0.4 is 0 Å². The molecule has 2 saturated carbocycles. The van der Waals surface area contributed by atoms with Crippen LogP contribution in [0.25, 0.3) is 0 Å². The summed E-state index contributed by atoms with van der Waals surface area (Å²) in [6, 6.07) is 0. The lowest BCUT2D eigenvalue weighted by Gasteiger charge is -2.08. The molecule has 8 heavy (non-hydrogen) atoms. The fraction of sp³-hybridized carbons (Fsp3) is 1.00. The number of hydrogen-bond acceptors (Lipinski definition) is 0. The van der Waals surface area contributed by atoms with Gasteiger partial charge in [0.15, 0.2) is 0 Å². The fourth-order valence-electron chi connectivity index (χ4n) is 1.96. The Balaban J connectivity index is 2.19. The largest absolute Gasteiger partial charge is 0.0847 e. The highest BCUT2D eigenvalue weighted by Crippen LogP contribution is 2.64. The van der Waals surface area contributed by atoms with E-state index in [0.717, 1.165) is 11.8 Å². The first-order valence-corrected chi connectivity index (χ1v) is 4.21. The number of halogens is 1. The molecule has 0 nitrogen and oxygen atoms in total. The van der Waals surface area contributed by atoms with Crippen LogP contribution in [0.1, 0.15) is 26.2 Å². The Morgan fingerprint density at radius 3 is 2.38 bits per heavy atom. The summed E-state index contributed by atoms with van der Waals surface area (Å²) in [5.41, 5.74) is 0. The third-order valence-corrected chi connectivity index (χ3v) is 4.60. The van der Waals surface area contributed by atoms with E-state index in [4.69, 9.17) is 0 Å². The van der Waals surface area contributed by atoms with Gasteiger partial charge >= 0.3 is 0 Å². The number of alkyl halides is 1. The second kappa shape index (κ2) is 1.31. The van der Waals surface area contributed by atoms with Gasteiger partial charge in [-0.05, 0) is 31.1 Å². The van der Waals surface area contributed by atoms with Gasteiger partial charge in [-0.25, -0.2) is 0 Å². The highest BCUT2D eigenvalue weighted by Gasteiger charge is 2.59. The molecule has 2 rings (SSSR count). The van der Waals surface area contributed by atoms with Crippen molar-refractivity contribution in [1.29, 1.82) is 0 Å². The van der Waals surface area contributed by atoms with E-state index < -0.39 is 0 Å². The molecule has 46 valence electrons. The van der Waals surface area contributed by atoms with Crippen LogP contribution in [0.2, 0.25) is 0 Å². The zero-order chi connectivity index (χ0) is 5.78. The maximum Gasteiger partial charge on any atom is 0.0315 e. The van der Waals surface area contributed by atoms with Crippen LogP contribution >= 0.6 is 15.9 Å². The quantitative estimate of drug-likeness (QED) is 0.496. The summed E-state index contributed by atoms with van der Waals surface area (Å²) in [7, 11) is 0. The molecule has 0 bridgehead atoms. The second-order valence-electron chi connectivity index (χ2n) is 3.31. The molecule has 0 amide bonds. The molecule has 0 spiro atoms. The number of rotatable bonds is 0. The smallest absolute Gasteiger partial charge is 0.0315 e. The molecule has 0 heterocycles. The number of hydrogen-bond donors (Lipinski definition) is 0. The third kappa shape index (κ3) is 0.464. The van der Waals surface area contributed by atoms with Gasteiger partial charge in [-0.3, -0.25) is 0 Å². The van der Waals surface area contributed by atoms with Crippen LogP contribution in [-0.2, 0) is 0 Å². The molecule has 2 aliphatic carbocycles. The van der Waals surface area contributed by atoms with Gasteiger partial charge in [0.05, 0.1) is 0 Å². The molecule has 0 aromatic heterocycles. The Labute approximate surface area is 58.8 Å². The summed E-state index contributed by atoms with van der Waals surface area (Å²) in [4.78, 5) is 0. The van der Waals surface area contributed by atoms with Crippen molar-refractivity contribution in [2.24, 2.45) is 11.8 Å². The van der Waals surface area contributed by atoms with E-state index >= 15 is 0 Å². The van der Waals surface area contributed by atoms with Crippen molar-refractivity contribution < 1.29 is 0 Å². The summed E-state index contributed by atoms with van der Waals surface area (Å²) in [6.07, 6.45) is 4.39. The summed E-state index contributed by atoms with van der Waals surface area (Å²) >= 11 is 3.78. The van der Waals surface area contributed by atoms with Gasteiger partial charge in [0.25, 0.3) is 0 Å². The van der Waals surface area contributed by atoms with Crippen molar-refractivity contribution >= 4 is 15.9 Å². The van der Waals surface area contributed by atoms with Crippen LogP contribution in [0.15, 0.2) is 0 Å².